The maximum atomic E-state index is 15.1. The van der Waals surface area contributed by atoms with Gasteiger partial charge < -0.3 is 0 Å². The minimum Gasteiger partial charge on any atom is -0.247 e. The third-order valence-corrected chi connectivity index (χ3v) is 8.83. The molecule has 0 spiro atoms. The van der Waals surface area contributed by atoms with Crippen LogP contribution in [0, 0.1) is 22.7 Å². The molecule has 262 valence electrons. The molecule has 0 fully saturated rings. The molecule has 0 unspecified atom stereocenters. The Kier molecular flexibility index (Phi) is 9.28. The minimum atomic E-state index is -4.85. The van der Waals surface area contributed by atoms with Gasteiger partial charge in [0.15, 0.2) is 0 Å². The topological polar surface area (TPSA) is 73.4 Å². The first-order valence-electron chi connectivity index (χ1n) is 16.4. The van der Waals surface area contributed by atoms with E-state index in [4.69, 9.17) is 0 Å². The van der Waals surface area contributed by atoms with Crippen LogP contribution in [0.25, 0.3) is 67.3 Å². The number of aromatic nitrogens is 2. The fourth-order valence-electron chi connectivity index (χ4n) is 6.38. The van der Waals surface area contributed by atoms with E-state index in [0.29, 0.717) is 11.1 Å². The summed E-state index contributed by atoms with van der Waals surface area (Å²) in [6.45, 7) is 0. The number of hydrogen-bond donors (Lipinski definition) is 0. The van der Waals surface area contributed by atoms with Crippen LogP contribution in [-0.2, 0) is 12.4 Å². The van der Waals surface area contributed by atoms with Crippen LogP contribution in [0.15, 0.2) is 146 Å². The third kappa shape index (κ3) is 6.93. The van der Waals surface area contributed by atoms with E-state index < -0.39 is 23.5 Å². The van der Waals surface area contributed by atoms with E-state index in [0.717, 1.165) is 0 Å². The van der Waals surface area contributed by atoms with Gasteiger partial charge in [-0.25, -0.2) is 9.97 Å². The molecule has 54 heavy (non-hydrogen) atoms. The molecule has 0 bridgehead atoms. The first kappa shape index (κ1) is 35.4. The summed E-state index contributed by atoms with van der Waals surface area (Å²) < 4.78 is 90.5. The number of nitrogens with zero attached hydrogens (tertiary/aromatic N) is 4. The maximum absolute atomic E-state index is 15.1. The molecule has 0 N–H and O–H groups in total. The summed E-state index contributed by atoms with van der Waals surface area (Å²) in [4.78, 5) is 9.22. The number of rotatable bonds is 6. The fourth-order valence-corrected chi connectivity index (χ4v) is 6.38. The van der Waals surface area contributed by atoms with Crippen LogP contribution < -0.4 is 0 Å². The summed E-state index contributed by atoms with van der Waals surface area (Å²) >= 11 is 0. The number of halogens is 6. The fraction of sp³-hybridized carbons (Fsp3) is 0.0455. The molecule has 7 aromatic rings. The molecule has 0 atom stereocenters. The molecule has 0 aliphatic rings. The Hall–Kier alpha value is -7.04. The van der Waals surface area contributed by atoms with E-state index in [-0.39, 0.29) is 67.3 Å². The lowest BCUT2D eigenvalue weighted by Crippen LogP contribution is -2.12. The average molecular weight is 723 g/mol. The zero-order valence-corrected chi connectivity index (χ0v) is 27.9. The van der Waals surface area contributed by atoms with Crippen molar-refractivity contribution in [3.63, 3.8) is 0 Å². The van der Waals surface area contributed by atoms with Gasteiger partial charge in [-0.2, -0.15) is 36.9 Å². The Balaban J connectivity index is 1.55. The van der Waals surface area contributed by atoms with Crippen molar-refractivity contribution in [3.05, 3.63) is 168 Å². The summed E-state index contributed by atoms with van der Waals surface area (Å²) in [5.41, 5.74) is -0.938. The summed E-state index contributed by atoms with van der Waals surface area (Å²) in [6, 6.07) is 40.4. The molecular weight excluding hydrogens is 698 g/mol. The predicted octanol–water partition coefficient (Wildman–Crippen LogP) is 12.3. The van der Waals surface area contributed by atoms with Gasteiger partial charge in [0.05, 0.1) is 57.2 Å². The van der Waals surface area contributed by atoms with Gasteiger partial charge in [-0.3, -0.25) is 0 Å². The van der Waals surface area contributed by atoms with Crippen LogP contribution in [0.5, 0.6) is 0 Å². The zero-order valence-electron chi connectivity index (χ0n) is 27.9. The van der Waals surface area contributed by atoms with E-state index in [9.17, 15) is 10.5 Å². The van der Waals surface area contributed by atoms with Crippen LogP contribution in [0.1, 0.15) is 22.3 Å². The second-order valence-corrected chi connectivity index (χ2v) is 12.2. The van der Waals surface area contributed by atoms with Crippen LogP contribution in [0.3, 0.4) is 0 Å². The van der Waals surface area contributed by atoms with Crippen molar-refractivity contribution >= 4 is 0 Å². The van der Waals surface area contributed by atoms with Crippen molar-refractivity contribution in [2.75, 3.05) is 0 Å². The first-order valence-corrected chi connectivity index (χ1v) is 16.4. The minimum absolute atomic E-state index is 0.111. The summed E-state index contributed by atoms with van der Waals surface area (Å²) in [5.74, 6) is 0. The lowest BCUT2D eigenvalue weighted by Gasteiger charge is -2.21. The van der Waals surface area contributed by atoms with Crippen molar-refractivity contribution in [1.29, 1.82) is 10.5 Å². The zero-order chi connectivity index (χ0) is 38.0. The molecule has 10 heteroatoms. The Morgan fingerprint density at radius 2 is 0.722 bits per heavy atom. The highest BCUT2D eigenvalue weighted by molar-refractivity contribution is 5.89. The van der Waals surface area contributed by atoms with Gasteiger partial charge in [-0.05, 0) is 58.7 Å². The molecule has 2 aromatic heterocycles. The average Bonchev–Trinajstić information content (AvgIpc) is 3.20. The van der Waals surface area contributed by atoms with Gasteiger partial charge in [0.1, 0.15) is 0 Å². The molecular formula is C44H24F6N4. The predicted molar refractivity (Wildman–Crippen MR) is 194 cm³/mol. The number of nitriles is 2. The quantitative estimate of drug-likeness (QED) is 0.160. The molecule has 5 aromatic carbocycles. The second-order valence-electron chi connectivity index (χ2n) is 12.2. The summed E-state index contributed by atoms with van der Waals surface area (Å²) in [5, 5.41) is 18.7. The first-order chi connectivity index (χ1) is 26.0. The van der Waals surface area contributed by atoms with Crippen molar-refractivity contribution in [1.82, 2.24) is 9.97 Å². The number of hydrogen-bond acceptors (Lipinski definition) is 4. The van der Waals surface area contributed by atoms with E-state index in [2.05, 4.69) is 9.97 Å². The van der Waals surface area contributed by atoms with Crippen molar-refractivity contribution < 1.29 is 26.3 Å². The summed E-state index contributed by atoms with van der Waals surface area (Å²) in [7, 11) is 0. The molecule has 0 saturated heterocycles. The van der Waals surface area contributed by atoms with Gasteiger partial charge in [-0.15, -0.1) is 0 Å². The molecule has 0 aliphatic heterocycles. The van der Waals surface area contributed by atoms with Crippen LogP contribution in [0.2, 0.25) is 0 Å². The molecule has 2 heterocycles. The van der Waals surface area contributed by atoms with E-state index in [1.807, 2.05) is 12.1 Å². The van der Waals surface area contributed by atoms with Crippen LogP contribution >= 0.6 is 0 Å². The third-order valence-electron chi connectivity index (χ3n) is 8.83. The highest BCUT2D eigenvalue weighted by atomic mass is 19.4. The molecule has 0 aliphatic carbocycles. The molecule has 0 radical (unpaired) electrons. The standard InChI is InChI=1S/C44H24F6N4/c45-43(46,47)39-35(29-19-15-27(25-51)16-20-29)23-37(53-41(39)31-9-3-1-4-10-31)33-13-7-8-14-34(33)38-24-36(30-21-17-28(26-52)18-22-30)40(44(48,49)50)42(54-38)32-11-5-2-6-12-32/h1-24H. The smallest absolute Gasteiger partial charge is 0.247 e. The molecule has 0 amide bonds. The van der Waals surface area contributed by atoms with Gasteiger partial charge >= 0.3 is 12.4 Å². The van der Waals surface area contributed by atoms with Crippen molar-refractivity contribution in [2.24, 2.45) is 0 Å². The lowest BCUT2D eigenvalue weighted by molar-refractivity contribution is -0.137. The Morgan fingerprint density at radius 1 is 0.389 bits per heavy atom. The van der Waals surface area contributed by atoms with Crippen molar-refractivity contribution in [3.8, 4) is 79.4 Å². The largest absolute Gasteiger partial charge is 0.419 e. The Bertz CT molecular complexity index is 2390. The SMILES string of the molecule is N#Cc1ccc(-c2cc(-c3ccccc3-c3cc(-c4ccc(C#N)cc4)c(C(F)(F)F)c(-c4ccccc4)n3)nc(-c3ccccc3)c2C(F)(F)F)cc1. The number of benzene rings is 5. The highest BCUT2D eigenvalue weighted by Crippen LogP contribution is 2.47. The Labute approximate surface area is 305 Å². The van der Waals surface area contributed by atoms with Gasteiger partial charge in [0.25, 0.3) is 0 Å². The van der Waals surface area contributed by atoms with Crippen LogP contribution in [0.4, 0.5) is 26.3 Å². The maximum Gasteiger partial charge on any atom is 0.419 e. The monoisotopic (exact) mass is 722 g/mol. The van der Waals surface area contributed by atoms with Gasteiger partial charge in [0, 0.05) is 22.3 Å². The molecule has 7 rings (SSSR count). The highest BCUT2D eigenvalue weighted by Gasteiger charge is 2.40. The van der Waals surface area contributed by atoms with E-state index in [1.165, 1.54) is 84.9 Å². The Morgan fingerprint density at radius 3 is 1.04 bits per heavy atom. The molecule has 0 saturated carbocycles. The van der Waals surface area contributed by atoms with Crippen molar-refractivity contribution in [2.45, 2.75) is 12.4 Å². The summed E-state index contributed by atoms with van der Waals surface area (Å²) in [6.07, 6.45) is -9.70. The normalized spacial score (nSPS) is 11.5. The van der Waals surface area contributed by atoms with E-state index in [1.54, 1.807) is 60.7 Å². The van der Waals surface area contributed by atoms with Gasteiger partial charge in [-0.1, -0.05) is 109 Å². The van der Waals surface area contributed by atoms with Crippen LogP contribution in [-0.4, -0.2) is 9.97 Å². The number of pyridine rings is 2. The van der Waals surface area contributed by atoms with E-state index >= 15 is 26.3 Å². The lowest BCUT2D eigenvalue weighted by atomic mass is 9.90. The second kappa shape index (κ2) is 14.2. The number of alkyl halides is 6. The molecule has 4 nitrogen and oxygen atoms in total. The van der Waals surface area contributed by atoms with Gasteiger partial charge in [0.2, 0.25) is 0 Å².